The zero-order valence-corrected chi connectivity index (χ0v) is 12.6. The Morgan fingerprint density at radius 1 is 1.19 bits per heavy atom. The molecule has 2 rings (SSSR count). The molecule has 0 heterocycles. The second-order valence-electron chi connectivity index (χ2n) is 4.59. The van der Waals surface area contributed by atoms with Crippen molar-refractivity contribution < 1.29 is 4.79 Å². The molecule has 0 spiro atoms. The van der Waals surface area contributed by atoms with Gasteiger partial charge in [0, 0.05) is 5.75 Å². The van der Waals surface area contributed by atoms with E-state index in [0.29, 0.717) is 11.3 Å². The summed E-state index contributed by atoms with van der Waals surface area (Å²) in [5.41, 5.74) is 2.24. The number of rotatable bonds is 5. The number of nitrogens with one attached hydrogen (secondary N) is 1. The number of anilines is 1. The summed E-state index contributed by atoms with van der Waals surface area (Å²) in [5, 5.41) is 11.6. The van der Waals surface area contributed by atoms with Crippen LogP contribution in [0.25, 0.3) is 0 Å². The third-order valence-corrected chi connectivity index (χ3v) is 4.23. The molecule has 0 saturated heterocycles. The second kappa shape index (κ2) is 7.51. The van der Waals surface area contributed by atoms with E-state index in [1.165, 1.54) is 5.56 Å². The molecule has 2 aromatic carbocycles. The summed E-state index contributed by atoms with van der Waals surface area (Å²) in [6, 6.07) is 19.1. The molecule has 3 nitrogen and oxygen atoms in total. The number of hydrogen-bond donors (Lipinski definition) is 1. The fraction of sp³-hybridized carbons (Fsp3) is 0.176. The summed E-state index contributed by atoms with van der Waals surface area (Å²) in [6.07, 6.45) is 0. The van der Waals surface area contributed by atoms with Crippen LogP contribution in [-0.4, -0.2) is 11.2 Å². The van der Waals surface area contributed by atoms with Crippen LogP contribution in [0.4, 0.5) is 5.69 Å². The number of nitrogens with zero attached hydrogens (tertiary/aromatic N) is 1. The van der Waals surface area contributed by atoms with Gasteiger partial charge in [0.15, 0.2) is 0 Å². The average Bonchev–Trinajstić information content (AvgIpc) is 2.54. The van der Waals surface area contributed by atoms with Gasteiger partial charge in [-0.3, -0.25) is 4.79 Å². The standard InChI is InChI=1S/C17H16N2OS/c1-13(21-12-14-7-3-2-4-8-14)17(20)19-16-10-6-5-9-15(16)11-18/h2-10,13H,12H2,1H3,(H,19,20)/t13-/m0/s1. The van der Waals surface area contributed by atoms with E-state index in [2.05, 4.69) is 11.4 Å². The molecule has 0 aliphatic rings. The van der Waals surface area contributed by atoms with Gasteiger partial charge in [-0.15, -0.1) is 11.8 Å². The lowest BCUT2D eigenvalue weighted by Crippen LogP contribution is -2.23. The predicted molar refractivity (Wildman–Crippen MR) is 87.0 cm³/mol. The monoisotopic (exact) mass is 296 g/mol. The first-order valence-corrected chi connectivity index (χ1v) is 7.71. The van der Waals surface area contributed by atoms with Crippen molar-refractivity contribution in [3.8, 4) is 6.07 Å². The molecule has 0 aliphatic heterocycles. The van der Waals surface area contributed by atoms with Crippen LogP contribution in [0.5, 0.6) is 0 Å². The number of thioether (sulfide) groups is 1. The Morgan fingerprint density at radius 3 is 2.57 bits per heavy atom. The molecule has 0 aromatic heterocycles. The molecule has 4 heteroatoms. The van der Waals surface area contributed by atoms with Crippen LogP contribution in [0.2, 0.25) is 0 Å². The smallest absolute Gasteiger partial charge is 0.237 e. The molecule has 0 fully saturated rings. The van der Waals surface area contributed by atoms with Gasteiger partial charge in [0.2, 0.25) is 5.91 Å². The molecule has 21 heavy (non-hydrogen) atoms. The van der Waals surface area contributed by atoms with E-state index in [0.717, 1.165) is 5.75 Å². The SMILES string of the molecule is C[C@H](SCc1ccccc1)C(=O)Nc1ccccc1C#N. The molecule has 0 radical (unpaired) electrons. The Kier molecular flexibility index (Phi) is 5.42. The summed E-state index contributed by atoms with van der Waals surface area (Å²) in [5.74, 6) is 0.702. The fourth-order valence-corrected chi connectivity index (χ4v) is 2.64. The minimum absolute atomic E-state index is 0.0846. The Morgan fingerprint density at radius 2 is 1.86 bits per heavy atom. The van der Waals surface area contributed by atoms with Gasteiger partial charge in [0.05, 0.1) is 16.5 Å². The zero-order chi connectivity index (χ0) is 15.1. The van der Waals surface area contributed by atoms with Gasteiger partial charge in [-0.1, -0.05) is 42.5 Å². The van der Waals surface area contributed by atoms with Crippen molar-refractivity contribution in [1.29, 1.82) is 5.26 Å². The third-order valence-electron chi connectivity index (χ3n) is 3.02. The van der Waals surface area contributed by atoms with E-state index in [1.54, 1.807) is 36.0 Å². The van der Waals surface area contributed by atoms with Crippen molar-refractivity contribution in [3.63, 3.8) is 0 Å². The highest BCUT2D eigenvalue weighted by atomic mass is 32.2. The maximum atomic E-state index is 12.2. The number of carbonyl (C=O) groups is 1. The van der Waals surface area contributed by atoms with E-state index < -0.39 is 0 Å². The molecular formula is C17H16N2OS. The largest absolute Gasteiger partial charge is 0.324 e. The normalized spacial score (nSPS) is 11.4. The lowest BCUT2D eigenvalue weighted by atomic mass is 10.2. The average molecular weight is 296 g/mol. The van der Waals surface area contributed by atoms with Gasteiger partial charge in [-0.05, 0) is 24.6 Å². The molecule has 0 unspecified atom stereocenters. The number of benzene rings is 2. The van der Waals surface area contributed by atoms with Crippen molar-refractivity contribution in [1.82, 2.24) is 0 Å². The fourth-order valence-electron chi connectivity index (χ4n) is 1.80. The van der Waals surface area contributed by atoms with Crippen molar-refractivity contribution in [2.45, 2.75) is 17.9 Å². The maximum absolute atomic E-state index is 12.2. The van der Waals surface area contributed by atoms with Gasteiger partial charge in [0.1, 0.15) is 6.07 Å². The molecule has 0 saturated carbocycles. The highest BCUT2D eigenvalue weighted by molar-refractivity contribution is 7.99. The quantitative estimate of drug-likeness (QED) is 0.912. The van der Waals surface area contributed by atoms with Crippen molar-refractivity contribution in [2.75, 3.05) is 5.32 Å². The molecule has 1 atom stereocenters. The number of nitriles is 1. The van der Waals surface area contributed by atoms with Crippen molar-refractivity contribution in [3.05, 3.63) is 65.7 Å². The van der Waals surface area contributed by atoms with Crippen LogP contribution in [0, 0.1) is 11.3 Å². The van der Waals surface area contributed by atoms with Gasteiger partial charge >= 0.3 is 0 Å². The number of carbonyl (C=O) groups excluding carboxylic acids is 1. The zero-order valence-electron chi connectivity index (χ0n) is 11.7. The first-order valence-electron chi connectivity index (χ1n) is 6.66. The number of para-hydroxylation sites is 1. The Balaban J connectivity index is 1.92. The van der Waals surface area contributed by atoms with E-state index in [-0.39, 0.29) is 11.2 Å². The Bertz CT molecular complexity index is 649. The van der Waals surface area contributed by atoms with Crippen LogP contribution in [0.1, 0.15) is 18.1 Å². The van der Waals surface area contributed by atoms with Crippen LogP contribution >= 0.6 is 11.8 Å². The van der Waals surface area contributed by atoms with E-state index in [1.807, 2.05) is 37.3 Å². The summed E-state index contributed by atoms with van der Waals surface area (Å²) in [6.45, 7) is 1.87. The Labute approximate surface area is 129 Å². The van der Waals surface area contributed by atoms with Gasteiger partial charge in [-0.25, -0.2) is 0 Å². The summed E-state index contributed by atoms with van der Waals surface area (Å²) in [7, 11) is 0. The molecule has 0 aliphatic carbocycles. The lowest BCUT2D eigenvalue weighted by Gasteiger charge is -2.12. The molecule has 0 bridgehead atoms. The van der Waals surface area contributed by atoms with Gasteiger partial charge < -0.3 is 5.32 Å². The third kappa shape index (κ3) is 4.37. The lowest BCUT2D eigenvalue weighted by molar-refractivity contribution is -0.115. The summed E-state index contributed by atoms with van der Waals surface area (Å²) >= 11 is 1.58. The molecular weight excluding hydrogens is 280 g/mol. The van der Waals surface area contributed by atoms with E-state index >= 15 is 0 Å². The molecule has 1 N–H and O–H groups in total. The maximum Gasteiger partial charge on any atom is 0.237 e. The van der Waals surface area contributed by atoms with Gasteiger partial charge in [-0.2, -0.15) is 5.26 Å². The first-order chi connectivity index (χ1) is 10.2. The number of hydrogen-bond acceptors (Lipinski definition) is 3. The Hall–Kier alpha value is -2.25. The molecule has 2 aromatic rings. The van der Waals surface area contributed by atoms with Crippen LogP contribution in [0.15, 0.2) is 54.6 Å². The first kappa shape index (κ1) is 15.1. The summed E-state index contributed by atoms with van der Waals surface area (Å²) in [4.78, 5) is 12.2. The van der Waals surface area contributed by atoms with E-state index in [4.69, 9.17) is 5.26 Å². The number of amides is 1. The summed E-state index contributed by atoms with van der Waals surface area (Å²) < 4.78 is 0. The van der Waals surface area contributed by atoms with Crippen molar-refractivity contribution in [2.24, 2.45) is 0 Å². The highest BCUT2D eigenvalue weighted by Gasteiger charge is 2.14. The van der Waals surface area contributed by atoms with Crippen LogP contribution in [-0.2, 0) is 10.5 Å². The van der Waals surface area contributed by atoms with Gasteiger partial charge in [0.25, 0.3) is 0 Å². The van der Waals surface area contributed by atoms with Crippen molar-refractivity contribution >= 4 is 23.4 Å². The minimum atomic E-state index is -0.183. The molecule has 106 valence electrons. The van der Waals surface area contributed by atoms with Crippen LogP contribution < -0.4 is 5.32 Å². The minimum Gasteiger partial charge on any atom is -0.324 e. The highest BCUT2D eigenvalue weighted by Crippen LogP contribution is 2.20. The van der Waals surface area contributed by atoms with E-state index in [9.17, 15) is 4.79 Å². The predicted octanol–water partition coefficient (Wildman–Crippen LogP) is 3.82. The van der Waals surface area contributed by atoms with Crippen LogP contribution in [0.3, 0.4) is 0 Å². The molecule has 1 amide bonds. The topological polar surface area (TPSA) is 52.9 Å². The second-order valence-corrected chi connectivity index (χ2v) is 5.91.